The van der Waals surface area contributed by atoms with Crippen molar-refractivity contribution < 1.29 is 4.79 Å². The molecule has 0 saturated carbocycles. The molecule has 0 unspecified atom stereocenters. The molecule has 1 amide bonds. The number of aromatic nitrogens is 4. The van der Waals surface area contributed by atoms with Gasteiger partial charge >= 0.3 is 0 Å². The summed E-state index contributed by atoms with van der Waals surface area (Å²) < 4.78 is 1.75. The molecule has 1 aliphatic rings. The van der Waals surface area contributed by atoms with Crippen LogP contribution in [0.25, 0.3) is 11.1 Å². The van der Waals surface area contributed by atoms with E-state index in [0.717, 1.165) is 41.7 Å². The smallest absolute Gasteiger partial charge is 0.229 e. The average Bonchev–Trinajstić information content (AvgIpc) is 3.27. The molecule has 0 aromatic carbocycles. The maximum atomic E-state index is 12.0. The Morgan fingerprint density at radius 3 is 2.61 bits per heavy atom. The average molecular weight is 442 g/mol. The topological polar surface area (TPSA) is 123 Å². The number of aryl methyl sites for hydroxylation is 1. The van der Waals surface area contributed by atoms with Crippen molar-refractivity contribution in [3.05, 3.63) is 84.1 Å². The second-order valence-electron chi connectivity index (χ2n) is 7.51. The van der Waals surface area contributed by atoms with E-state index >= 15 is 0 Å². The van der Waals surface area contributed by atoms with Crippen LogP contribution in [0.1, 0.15) is 30.5 Å². The van der Waals surface area contributed by atoms with Gasteiger partial charge in [-0.15, -0.1) is 0 Å². The van der Waals surface area contributed by atoms with Crippen LogP contribution in [0.2, 0.25) is 0 Å². The fraction of sp³-hybridized carbons (Fsp3) is 0.240. The number of nitrogens with zero attached hydrogens (tertiary/aromatic N) is 5. The lowest BCUT2D eigenvalue weighted by Gasteiger charge is -2.08. The Bertz CT molecular complexity index is 1150. The Morgan fingerprint density at radius 1 is 1.15 bits per heavy atom. The van der Waals surface area contributed by atoms with Crippen molar-refractivity contribution in [3.8, 4) is 17.2 Å². The Kier molecular flexibility index (Phi) is 8.63. The molecule has 168 valence electrons. The molecule has 4 rings (SSSR count). The standard InChI is InChI=1S/C17H18N4O.C8H9N3/c1-21-12-15(11-19-21)14-7-8-16(18-10-14)20-17(22)9-13-5-3-2-4-6-13;9-4-3-8-2-1-7(5-10)6-11-8/h3,5-8,10-12H,2,4,9H2,1H3,(H,18,20,22);1-2,6H,3-4,9H2. The van der Waals surface area contributed by atoms with Gasteiger partial charge in [0.1, 0.15) is 11.9 Å². The predicted molar refractivity (Wildman–Crippen MR) is 128 cm³/mol. The van der Waals surface area contributed by atoms with Gasteiger partial charge in [-0.2, -0.15) is 10.4 Å². The van der Waals surface area contributed by atoms with E-state index in [1.807, 2.05) is 43.6 Å². The van der Waals surface area contributed by atoms with Crippen LogP contribution >= 0.6 is 0 Å². The van der Waals surface area contributed by atoms with E-state index in [2.05, 4.69) is 32.5 Å². The number of nitrogens with two attached hydrogens (primary N) is 1. The van der Waals surface area contributed by atoms with E-state index in [1.54, 1.807) is 29.3 Å². The number of nitriles is 1. The molecule has 0 atom stereocenters. The molecule has 0 bridgehead atoms. The lowest BCUT2D eigenvalue weighted by atomic mass is 10.0. The van der Waals surface area contributed by atoms with Crippen molar-refractivity contribution in [2.45, 2.75) is 25.7 Å². The van der Waals surface area contributed by atoms with Gasteiger partial charge in [-0.05, 0) is 49.2 Å². The zero-order valence-corrected chi connectivity index (χ0v) is 18.6. The summed E-state index contributed by atoms with van der Waals surface area (Å²) >= 11 is 0. The third-order valence-electron chi connectivity index (χ3n) is 4.86. The summed E-state index contributed by atoms with van der Waals surface area (Å²) in [5.74, 6) is 0.525. The number of allylic oxidation sites excluding steroid dienone is 3. The largest absolute Gasteiger partial charge is 0.330 e. The van der Waals surface area contributed by atoms with Crippen LogP contribution in [0.5, 0.6) is 0 Å². The van der Waals surface area contributed by atoms with Gasteiger partial charge in [-0.3, -0.25) is 14.5 Å². The number of anilines is 1. The first-order chi connectivity index (χ1) is 16.1. The lowest BCUT2D eigenvalue weighted by Crippen LogP contribution is -2.13. The van der Waals surface area contributed by atoms with Crippen LogP contribution in [0.15, 0.2) is 72.9 Å². The number of amides is 1. The quantitative estimate of drug-likeness (QED) is 0.603. The molecule has 3 aromatic heterocycles. The number of hydrogen-bond donors (Lipinski definition) is 2. The SMILES string of the molecule is Cn1cc(-c2ccc(NC(=O)CC3=CCCC=C3)nc2)cn1.N#Cc1ccc(CCN)nc1. The van der Waals surface area contributed by atoms with Crippen molar-refractivity contribution in [3.63, 3.8) is 0 Å². The van der Waals surface area contributed by atoms with Gasteiger partial charge in [0.25, 0.3) is 0 Å². The van der Waals surface area contributed by atoms with Crippen molar-refractivity contribution in [1.29, 1.82) is 5.26 Å². The van der Waals surface area contributed by atoms with Gasteiger partial charge in [-0.25, -0.2) is 4.98 Å². The highest BCUT2D eigenvalue weighted by atomic mass is 16.1. The van der Waals surface area contributed by atoms with Crippen LogP contribution < -0.4 is 11.1 Å². The molecular formula is C25H27N7O. The number of carbonyl (C=O) groups is 1. The number of nitrogens with one attached hydrogen (secondary N) is 1. The summed E-state index contributed by atoms with van der Waals surface area (Å²) in [5, 5.41) is 15.4. The number of hydrogen-bond acceptors (Lipinski definition) is 6. The summed E-state index contributed by atoms with van der Waals surface area (Å²) in [6, 6.07) is 9.32. The molecule has 8 nitrogen and oxygen atoms in total. The first kappa shape index (κ1) is 23.6. The van der Waals surface area contributed by atoms with Gasteiger partial charge in [0, 0.05) is 48.9 Å². The Labute approximate surface area is 193 Å². The summed E-state index contributed by atoms with van der Waals surface area (Å²) in [6.45, 7) is 0.596. The van der Waals surface area contributed by atoms with E-state index in [4.69, 9.17) is 11.0 Å². The maximum absolute atomic E-state index is 12.0. The number of rotatable bonds is 6. The van der Waals surface area contributed by atoms with Crippen molar-refractivity contribution >= 4 is 11.7 Å². The fourth-order valence-corrected chi connectivity index (χ4v) is 3.17. The first-order valence-electron chi connectivity index (χ1n) is 10.7. The Hall–Kier alpha value is -4.09. The number of pyridine rings is 2. The highest BCUT2D eigenvalue weighted by Gasteiger charge is 2.08. The highest BCUT2D eigenvalue weighted by Crippen LogP contribution is 2.19. The third kappa shape index (κ3) is 7.52. The second kappa shape index (κ2) is 12.1. The third-order valence-corrected chi connectivity index (χ3v) is 4.86. The predicted octanol–water partition coefficient (Wildman–Crippen LogP) is 3.54. The summed E-state index contributed by atoms with van der Waals surface area (Å²) in [5.41, 5.74) is 9.90. The highest BCUT2D eigenvalue weighted by molar-refractivity contribution is 5.91. The zero-order valence-electron chi connectivity index (χ0n) is 18.6. The zero-order chi connectivity index (χ0) is 23.5. The summed E-state index contributed by atoms with van der Waals surface area (Å²) in [4.78, 5) is 20.3. The maximum Gasteiger partial charge on any atom is 0.229 e. The molecule has 3 aromatic rings. The van der Waals surface area contributed by atoms with Crippen LogP contribution in [-0.2, 0) is 18.3 Å². The minimum Gasteiger partial charge on any atom is -0.330 e. The monoisotopic (exact) mass is 441 g/mol. The van der Waals surface area contributed by atoms with E-state index in [1.165, 1.54) is 0 Å². The van der Waals surface area contributed by atoms with Crippen LogP contribution in [0, 0.1) is 11.3 Å². The van der Waals surface area contributed by atoms with Gasteiger partial charge in [-0.1, -0.05) is 18.2 Å². The fourth-order valence-electron chi connectivity index (χ4n) is 3.17. The second-order valence-corrected chi connectivity index (χ2v) is 7.51. The van der Waals surface area contributed by atoms with Crippen LogP contribution in [-0.4, -0.2) is 32.2 Å². The first-order valence-corrected chi connectivity index (χ1v) is 10.7. The van der Waals surface area contributed by atoms with E-state index < -0.39 is 0 Å². The summed E-state index contributed by atoms with van der Waals surface area (Å²) in [7, 11) is 1.87. The van der Waals surface area contributed by atoms with Crippen LogP contribution in [0.4, 0.5) is 5.82 Å². The molecule has 0 spiro atoms. The number of carbonyl (C=O) groups excluding carboxylic acids is 1. The Morgan fingerprint density at radius 2 is 2.03 bits per heavy atom. The Balaban J connectivity index is 0.000000235. The molecule has 0 radical (unpaired) electrons. The van der Waals surface area contributed by atoms with Gasteiger partial charge < -0.3 is 11.1 Å². The molecule has 0 aliphatic heterocycles. The van der Waals surface area contributed by atoms with Gasteiger partial charge in [0.05, 0.1) is 18.2 Å². The molecule has 33 heavy (non-hydrogen) atoms. The lowest BCUT2D eigenvalue weighted by molar-refractivity contribution is -0.115. The normalized spacial score (nSPS) is 12.2. The van der Waals surface area contributed by atoms with E-state index in [-0.39, 0.29) is 5.91 Å². The molecular weight excluding hydrogens is 414 g/mol. The van der Waals surface area contributed by atoms with E-state index in [0.29, 0.717) is 24.3 Å². The molecule has 3 heterocycles. The van der Waals surface area contributed by atoms with Crippen molar-refractivity contribution in [2.24, 2.45) is 12.8 Å². The van der Waals surface area contributed by atoms with Gasteiger partial charge in [0.2, 0.25) is 5.91 Å². The molecule has 1 aliphatic carbocycles. The summed E-state index contributed by atoms with van der Waals surface area (Å²) in [6.07, 6.45) is 16.5. The minimum atomic E-state index is -0.0422. The molecule has 3 N–H and O–H groups in total. The molecule has 8 heteroatoms. The van der Waals surface area contributed by atoms with Crippen molar-refractivity contribution in [1.82, 2.24) is 19.7 Å². The minimum absolute atomic E-state index is 0.0422. The van der Waals surface area contributed by atoms with Gasteiger partial charge in [0.15, 0.2) is 0 Å². The molecule has 0 fully saturated rings. The van der Waals surface area contributed by atoms with Crippen LogP contribution in [0.3, 0.4) is 0 Å². The molecule has 0 saturated heterocycles. The van der Waals surface area contributed by atoms with Crippen molar-refractivity contribution in [2.75, 3.05) is 11.9 Å². The van der Waals surface area contributed by atoms with E-state index in [9.17, 15) is 4.79 Å².